The van der Waals surface area contributed by atoms with Gasteiger partial charge >= 0.3 is 5.24 Å². The van der Waals surface area contributed by atoms with Crippen LogP contribution >= 0.6 is 0 Å². The number of hydrogen-bond acceptors (Lipinski definition) is 2. The highest BCUT2D eigenvalue weighted by atomic mass is 32.2. The number of hydrogen-bond donors (Lipinski definition) is 0. The summed E-state index contributed by atoms with van der Waals surface area (Å²) >= 11 is 0. The first-order valence-corrected chi connectivity index (χ1v) is 6.72. The molecule has 0 radical (unpaired) electrons. The zero-order chi connectivity index (χ0) is 12.0. The Balaban J connectivity index is 2.62. The minimum absolute atomic E-state index is 0.270. The van der Waals surface area contributed by atoms with Crippen molar-refractivity contribution in [3.8, 4) is 0 Å². The third-order valence-corrected chi connectivity index (χ3v) is 3.60. The molecular weight excluding hydrogens is 222 g/mol. The largest absolute Gasteiger partial charge is 0.332 e. The normalized spacial score (nSPS) is 12.1. The fourth-order valence-electron chi connectivity index (χ4n) is 1.41. The molecule has 0 aliphatic carbocycles. The summed E-state index contributed by atoms with van der Waals surface area (Å²) in [5.41, 5.74) is 0.932. The van der Waals surface area contributed by atoms with Crippen molar-refractivity contribution in [1.29, 1.82) is 0 Å². The zero-order valence-electron chi connectivity index (χ0n) is 9.68. The second-order valence-corrected chi connectivity index (χ2v) is 4.74. The summed E-state index contributed by atoms with van der Waals surface area (Å²) in [6.07, 6.45) is 0. The molecule has 1 aromatic rings. The van der Waals surface area contributed by atoms with Crippen LogP contribution in [-0.4, -0.2) is 27.4 Å². The molecule has 16 heavy (non-hydrogen) atoms. The van der Waals surface area contributed by atoms with Gasteiger partial charge in [-0.15, -0.1) is 0 Å². The highest BCUT2D eigenvalue weighted by Gasteiger charge is 2.17. The van der Waals surface area contributed by atoms with Gasteiger partial charge in [0.15, 0.2) is 0 Å². The van der Waals surface area contributed by atoms with E-state index in [1.165, 1.54) is 0 Å². The summed E-state index contributed by atoms with van der Waals surface area (Å²) in [7, 11) is -1.46. The van der Waals surface area contributed by atoms with Crippen molar-refractivity contribution in [2.45, 2.75) is 19.6 Å². The lowest BCUT2D eigenvalue weighted by molar-refractivity contribution is 0.227. The first-order chi connectivity index (χ1) is 7.69. The Bertz CT molecular complexity index is 361. The van der Waals surface area contributed by atoms with Crippen molar-refractivity contribution in [3.63, 3.8) is 0 Å². The topological polar surface area (TPSA) is 37.4 Å². The lowest BCUT2D eigenvalue weighted by Crippen LogP contribution is -2.32. The van der Waals surface area contributed by atoms with Gasteiger partial charge in [0.2, 0.25) is 0 Å². The van der Waals surface area contributed by atoms with Crippen LogP contribution in [0, 0.1) is 0 Å². The molecule has 0 fully saturated rings. The predicted molar refractivity (Wildman–Crippen MR) is 66.6 cm³/mol. The van der Waals surface area contributed by atoms with Gasteiger partial charge in [0, 0.05) is 13.1 Å². The maximum atomic E-state index is 11.8. The molecule has 0 aromatic heterocycles. The van der Waals surface area contributed by atoms with Gasteiger partial charge in [-0.25, -0.2) is 4.21 Å². The number of benzene rings is 1. The van der Waals surface area contributed by atoms with Crippen LogP contribution in [0.5, 0.6) is 0 Å². The molecule has 1 unspecified atom stereocenters. The standard InChI is InChI=1S/C12H17NO2S/c1-3-13(4-2)12(14)16(15)10-11-8-6-5-7-9-11/h5-9H,3-4,10H2,1-2H3. The first-order valence-electron chi connectivity index (χ1n) is 5.40. The Hall–Kier alpha value is -1.16. The van der Waals surface area contributed by atoms with Crippen LogP contribution < -0.4 is 0 Å². The summed E-state index contributed by atoms with van der Waals surface area (Å²) in [6, 6.07) is 9.43. The van der Waals surface area contributed by atoms with E-state index in [0.717, 1.165) is 5.56 Å². The first kappa shape index (κ1) is 12.9. The van der Waals surface area contributed by atoms with Gasteiger partial charge in [0.05, 0.1) is 5.75 Å². The van der Waals surface area contributed by atoms with Gasteiger partial charge in [-0.3, -0.25) is 4.79 Å². The molecule has 0 aliphatic rings. The van der Waals surface area contributed by atoms with Crippen LogP contribution in [0.2, 0.25) is 0 Å². The minimum atomic E-state index is -1.46. The van der Waals surface area contributed by atoms with E-state index < -0.39 is 10.8 Å². The quantitative estimate of drug-likeness (QED) is 0.809. The van der Waals surface area contributed by atoms with Crippen LogP contribution in [-0.2, 0) is 16.6 Å². The molecule has 1 amide bonds. The molecule has 0 aliphatic heterocycles. The molecule has 0 spiro atoms. The minimum Gasteiger partial charge on any atom is -0.332 e. The van der Waals surface area contributed by atoms with Crippen molar-refractivity contribution in [2.75, 3.05) is 13.1 Å². The van der Waals surface area contributed by atoms with Crippen molar-refractivity contribution < 1.29 is 9.00 Å². The average molecular weight is 239 g/mol. The third kappa shape index (κ3) is 3.45. The molecule has 0 heterocycles. The lowest BCUT2D eigenvalue weighted by Gasteiger charge is -2.17. The molecular formula is C12H17NO2S. The highest BCUT2D eigenvalue weighted by molar-refractivity contribution is 7.99. The summed E-state index contributed by atoms with van der Waals surface area (Å²) in [5.74, 6) is 0.302. The van der Waals surface area contributed by atoms with Gasteiger partial charge in [0.1, 0.15) is 10.8 Å². The number of amides is 1. The van der Waals surface area contributed by atoms with E-state index in [0.29, 0.717) is 18.8 Å². The van der Waals surface area contributed by atoms with E-state index in [1.54, 1.807) is 4.90 Å². The summed E-state index contributed by atoms with van der Waals surface area (Å²) in [6.45, 7) is 4.99. The molecule has 0 N–H and O–H groups in total. The maximum Gasteiger partial charge on any atom is 0.312 e. The Morgan fingerprint density at radius 3 is 2.25 bits per heavy atom. The van der Waals surface area contributed by atoms with Gasteiger partial charge in [0.25, 0.3) is 0 Å². The van der Waals surface area contributed by atoms with Crippen LogP contribution in [0.4, 0.5) is 4.79 Å². The Labute approximate surface area is 98.9 Å². The molecule has 0 saturated carbocycles. The van der Waals surface area contributed by atoms with E-state index in [-0.39, 0.29) is 5.24 Å². The number of carbonyl (C=O) groups is 1. The molecule has 1 aromatic carbocycles. The SMILES string of the molecule is CCN(CC)C(=O)S(=O)Cc1ccccc1. The third-order valence-electron chi connectivity index (χ3n) is 2.36. The monoisotopic (exact) mass is 239 g/mol. The molecule has 4 heteroatoms. The zero-order valence-corrected chi connectivity index (χ0v) is 10.5. The van der Waals surface area contributed by atoms with E-state index >= 15 is 0 Å². The Kier molecular flexibility index (Phi) is 5.19. The molecule has 1 rings (SSSR count). The smallest absolute Gasteiger partial charge is 0.312 e. The summed E-state index contributed by atoms with van der Waals surface area (Å²) < 4.78 is 11.8. The summed E-state index contributed by atoms with van der Waals surface area (Å²) in [4.78, 5) is 13.3. The lowest BCUT2D eigenvalue weighted by atomic mass is 10.2. The van der Waals surface area contributed by atoms with Crippen molar-refractivity contribution in [2.24, 2.45) is 0 Å². The van der Waals surface area contributed by atoms with Gasteiger partial charge in [-0.05, 0) is 19.4 Å². The molecule has 1 atom stereocenters. The van der Waals surface area contributed by atoms with Crippen LogP contribution in [0.25, 0.3) is 0 Å². The van der Waals surface area contributed by atoms with Crippen LogP contribution in [0.3, 0.4) is 0 Å². The molecule has 0 saturated heterocycles. The Morgan fingerprint density at radius 2 is 1.75 bits per heavy atom. The summed E-state index contributed by atoms with van der Waals surface area (Å²) in [5, 5.41) is -0.270. The fourth-order valence-corrected chi connectivity index (χ4v) is 2.58. The van der Waals surface area contributed by atoms with E-state index in [4.69, 9.17) is 0 Å². The van der Waals surface area contributed by atoms with Crippen molar-refractivity contribution >= 4 is 16.0 Å². The maximum absolute atomic E-state index is 11.8. The van der Waals surface area contributed by atoms with Crippen molar-refractivity contribution in [3.05, 3.63) is 35.9 Å². The number of carbonyl (C=O) groups excluding carboxylic acids is 1. The van der Waals surface area contributed by atoms with Crippen LogP contribution in [0.15, 0.2) is 30.3 Å². The van der Waals surface area contributed by atoms with Crippen LogP contribution in [0.1, 0.15) is 19.4 Å². The van der Waals surface area contributed by atoms with E-state index in [2.05, 4.69) is 0 Å². The molecule has 88 valence electrons. The van der Waals surface area contributed by atoms with Gasteiger partial charge in [-0.2, -0.15) is 0 Å². The predicted octanol–water partition coefficient (Wildman–Crippen LogP) is 2.40. The Morgan fingerprint density at radius 1 is 1.19 bits per heavy atom. The second-order valence-electron chi connectivity index (χ2n) is 3.41. The van der Waals surface area contributed by atoms with Crippen molar-refractivity contribution in [1.82, 2.24) is 4.90 Å². The number of nitrogens with zero attached hydrogens (tertiary/aromatic N) is 1. The number of rotatable bonds is 4. The second kappa shape index (κ2) is 6.43. The fraction of sp³-hybridized carbons (Fsp3) is 0.417. The van der Waals surface area contributed by atoms with Gasteiger partial charge < -0.3 is 4.90 Å². The highest BCUT2D eigenvalue weighted by Crippen LogP contribution is 2.06. The average Bonchev–Trinajstić information content (AvgIpc) is 2.31. The van der Waals surface area contributed by atoms with Gasteiger partial charge in [-0.1, -0.05) is 30.3 Å². The molecule has 3 nitrogen and oxygen atoms in total. The molecule has 0 bridgehead atoms. The van der Waals surface area contributed by atoms with E-state index in [9.17, 15) is 9.00 Å². The van der Waals surface area contributed by atoms with E-state index in [1.807, 2.05) is 44.2 Å².